The zero-order valence-electron chi connectivity index (χ0n) is 12.4. The highest BCUT2D eigenvalue weighted by molar-refractivity contribution is 7.23. The number of hydrogen-bond donors (Lipinski definition) is 1. The van der Waals surface area contributed by atoms with Gasteiger partial charge in [0.25, 0.3) is 0 Å². The van der Waals surface area contributed by atoms with Crippen LogP contribution in [0.2, 0.25) is 10.2 Å². The lowest BCUT2D eigenvalue weighted by atomic mass is 9.97. The third kappa shape index (κ3) is 2.40. The summed E-state index contributed by atoms with van der Waals surface area (Å²) in [6.45, 7) is 1.88. The maximum Gasteiger partial charge on any atom is 0.141 e. The van der Waals surface area contributed by atoms with Gasteiger partial charge in [0.15, 0.2) is 0 Å². The monoisotopic (exact) mass is 392 g/mol. The summed E-state index contributed by atoms with van der Waals surface area (Å²) < 4.78 is 0. The van der Waals surface area contributed by atoms with E-state index in [0.717, 1.165) is 37.3 Å². The van der Waals surface area contributed by atoms with Crippen molar-refractivity contribution in [1.82, 2.24) is 9.97 Å². The van der Waals surface area contributed by atoms with Crippen LogP contribution >= 0.6 is 45.9 Å². The summed E-state index contributed by atoms with van der Waals surface area (Å²) in [5.41, 5.74) is 3.78. The molecule has 1 aromatic carbocycles. The van der Waals surface area contributed by atoms with E-state index in [0.29, 0.717) is 10.2 Å². The molecule has 120 valence electrons. The quantitative estimate of drug-likeness (QED) is 0.401. The molecule has 4 rings (SSSR count). The Labute approximate surface area is 156 Å². The van der Waals surface area contributed by atoms with Crippen LogP contribution in [0.15, 0.2) is 35.3 Å². The molecular formula is C17H10Cl2N2OS2. The molecule has 0 amide bonds. The van der Waals surface area contributed by atoms with Crippen molar-refractivity contribution in [1.29, 1.82) is 0 Å². The lowest BCUT2D eigenvalue weighted by Gasteiger charge is -2.11. The molecule has 0 saturated heterocycles. The molecule has 0 bridgehead atoms. The minimum Gasteiger partial charge on any atom is -0.506 e. The highest BCUT2D eigenvalue weighted by Crippen LogP contribution is 2.48. The second-order valence-corrected chi connectivity index (χ2v) is 7.75. The van der Waals surface area contributed by atoms with Crippen LogP contribution in [0, 0.1) is 6.92 Å². The van der Waals surface area contributed by atoms with Gasteiger partial charge in [0.1, 0.15) is 22.1 Å². The fourth-order valence-corrected chi connectivity index (χ4v) is 5.02. The van der Waals surface area contributed by atoms with Gasteiger partial charge in [0, 0.05) is 16.0 Å². The molecule has 1 N–H and O–H groups in total. The van der Waals surface area contributed by atoms with Crippen molar-refractivity contribution < 1.29 is 5.11 Å². The Hall–Kier alpha value is -1.66. The van der Waals surface area contributed by atoms with E-state index in [2.05, 4.69) is 21.4 Å². The number of phenols is 1. The number of benzene rings is 1. The van der Waals surface area contributed by atoms with Gasteiger partial charge in [0.2, 0.25) is 0 Å². The molecule has 0 aliphatic heterocycles. The first-order valence-electron chi connectivity index (χ1n) is 7.02. The number of hydrogen-bond acceptors (Lipinski definition) is 5. The molecule has 0 spiro atoms. The van der Waals surface area contributed by atoms with Crippen LogP contribution < -0.4 is 0 Å². The summed E-state index contributed by atoms with van der Waals surface area (Å²) in [7, 11) is 0. The van der Waals surface area contributed by atoms with Crippen LogP contribution in [0.3, 0.4) is 0 Å². The summed E-state index contributed by atoms with van der Waals surface area (Å²) in [6.07, 6.45) is 1.47. The van der Waals surface area contributed by atoms with Gasteiger partial charge in [-0.3, -0.25) is 0 Å². The van der Waals surface area contributed by atoms with Gasteiger partial charge in [-0.15, -0.1) is 11.3 Å². The number of halogens is 2. The molecular weight excluding hydrogens is 383 g/mol. The summed E-state index contributed by atoms with van der Waals surface area (Å²) in [5.74, 6) is 0.0666. The second-order valence-electron chi connectivity index (χ2n) is 5.23. The van der Waals surface area contributed by atoms with Crippen LogP contribution in [-0.4, -0.2) is 15.1 Å². The van der Waals surface area contributed by atoms with Crippen LogP contribution in [0.5, 0.6) is 5.75 Å². The molecule has 7 heteroatoms. The standard InChI is InChI=1S/C17H10Cl2N2OS2/c1-8-10(2-3-11(22)14(8)18)12-13-16(19)20-7-21-17(13)24-15(12)9-4-5-23-6-9/h2-7,22H,1H3. The Bertz CT molecular complexity index is 1060. The molecule has 0 saturated carbocycles. The zero-order chi connectivity index (χ0) is 16.8. The molecule has 0 atom stereocenters. The molecule has 3 aromatic heterocycles. The molecule has 3 nitrogen and oxygen atoms in total. The molecule has 3 heterocycles. The van der Waals surface area contributed by atoms with Crippen molar-refractivity contribution in [2.24, 2.45) is 0 Å². The van der Waals surface area contributed by atoms with Crippen LogP contribution in [0.4, 0.5) is 0 Å². The number of phenolic OH excluding ortho intramolecular Hbond substituents is 1. The fraction of sp³-hybridized carbons (Fsp3) is 0.0588. The average Bonchev–Trinajstić information content (AvgIpc) is 3.21. The van der Waals surface area contributed by atoms with Crippen LogP contribution in [-0.2, 0) is 0 Å². The van der Waals surface area contributed by atoms with Gasteiger partial charge in [-0.25, -0.2) is 9.97 Å². The Morgan fingerprint density at radius 1 is 1.12 bits per heavy atom. The van der Waals surface area contributed by atoms with E-state index >= 15 is 0 Å². The third-order valence-corrected chi connectivity index (χ3v) is 6.45. The fourth-order valence-electron chi connectivity index (χ4n) is 2.69. The van der Waals surface area contributed by atoms with Gasteiger partial charge in [-0.05, 0) is 40.9 Å². The SMILES string of the molecule is Cc1c(-c2c(-c3ccsc3)sc3ncnc(Cl)c23)ccc(O)c1Cl. The number of aromatic hydroxyl groups is 1. The third-order valence-electron chi connectivity index (χ3n) is 3.86. The maximum absolute atomic E-state index is 9.86. The maximum atomic E-state index is 9.86. The molecule has 0 radical (unpaired) electrons. The molecule has 4 aromatic rings. The van der Waals surface area contributed by atoms with E-state index in [9.17, 15) is 5.11 Å². The highest BCUT2D eigenvalue weighted by Gasteiger charge is 2.22. The number of rotatable bonds is 2. The predicted molar refractivity (Wildman–Crippen MR) is 103 cm³/mol. The lowest BCUT2D eigenvalue weighted by Crippen LogP contribution is -1.88. The number of fused-ring (bicyclic) bond motifs is 1. The molecule has 24 heavy (non-hydrogen) atoms. The number of thiophene rings is 2. The van der Waals surface area contributed by atoms with E-state index in [1.807, 2.05) is 18.4 Å². The van der Waals surface area contributed by atoms with Crippen LogP contribution in [0.25, 0.3) is 31.8 Å². The van der Waals surface area contributed by atoms with Crippen molar-refractivity contribution in [2.75, 3.05) is 0 Å². The first kappa shape index (κ1) is 15.8. The van der Waals surface area contributed by atoms with Gasteiger partial charge in [-0.1, -0.05) is 29.3 Å². The van der Waals surface area contributed by atoms with Gasteiger partial charge < -0.3 is 5.11 Å². The van der Waals surface area contributed by atoms with Crippen molar-refractivity contribution in [3.63, 3.8) is 0 Å². The molecule has 0 unspecified atom stereocenters. The second kappa shape index (κ2) is 6.01. The Morgan fingerprint density at radius 3 is 2.71 bits per heavy atom. The number of nitrogens with zero attached hydrogens (tertiary/aromatic N) is 2. The normalized spacial score (nSPS) is 11.3. The van der Waals surface area contributed by atoms with Crippen LogP contribution in [0.1, 0.15) is 5.56 Å². The van der Waals surface area contributed by atoms with Gasteiger partial charge in [-0.2, -0.15) is 11.3 Å². The Morgan fingerprint density at radius 2 is 1.96 bits per heavy atom. The van der Waals surface area contributed by atoms with Crippen molar-refractivity contribution in [3.8, 4) is 27.3 Å². The predicted octanol–water partition coefficient (Wildman–Crippen LogP) is 6.41. The smallest absolute Gasteiger partial charge is 0.141 e. The van der Waals surface area contributed by atoms with Crippen molar-refractivity contribution in [3.05, 3.63) is 51.0 Å². The largest absolute Gasteiger partial charge is 0.506 e. The van der Waals surface area contributed by atoms with Crippen molar-refractivity contribution >= 4 is 56.1 Å². The van der Waals surface area contributed by atoms with E-state index in [1.165, 1.54) is 6.33 Å². The molecule has 0 aliphatic rings. The van der Waals surface area contributed by atoms with E-state index in [4.69, 9.17) is 23.2 Å². The van der Waals surface area contributed by atoms with Gasteiger partial charge in [0.05, 0.1) is 10.4 Å². The van der Waals surface area contributed by atoms with Crippen molar-refractivity contribution in [2.45, 2.75) is 6.92 Å². The average molecular weight is 393 g/mol. The molecule has 0 fully saturated rings. The Kier molecular flexibility index (Phi) is 3.96. The van der Waals surface area contributed by atoms with E-state index in [-0.39, 0.29) is 5.75 Å². The minimum atomic E-state index is 0.0666. The number of aromatic nitrogens is 2. The summed E-state index contributed by atoms with van der Waals surface area (Å²) in [5, 5.41) is 15.6. The van der Waals surface area contributed by atoms with E-state index in [1.54, 1.807) is 28.7 Å². The zero-order valence-corrected chi connectivity index (χ0v) is 15.5. The van der Waals surface area contributed by atoms with E-state index < -0.39 is 0 Å². The Balaban J connectivity index is 2.14. The highest BCUT2D eigenvalue weighted by atomic mass is 35.5. The summed E-state index contributed by atoms with van der Waals surface area (Å²) in [6, 6.07) is 5.53. The lowest BCUT2D eigenvalue weighted by molar-refractivity contribution is 0.475. The first-order chi connectivity index (χ1) is 11.6. The molecule has 0 aliphatic carbocycles. The summed E-state index contributed by atoms with van der Waals surface area (Å²) >= 11 is 15.9. The van der Waals surface area contributed by atoms with Gasteiger partial charge >= 0.3 is 0 Å². The first-order valence-corrected chi connectivity index (χ1v) is 9.53. The summed E-state index contributed by atoms with van der Waals surface area (Å²) in [4.78, 5) is 10.4. The minimum absolute atomic E-state index is 0.0666. The topological polar surface area (TPSA) is 46.0 Å².